The molecule has 2 rings (SSSR count). The number of rotatable bonds is 5. The minimum Gasteiger partial charge on any atom is -0.507 e. The van der Waals surface area contributed by atoms with Gasteiger partial charge in [0.25, 0.3) is 5.91 Å². The summed E-state index contributed by atoms with van der Waals surface area (Å²) >= 11 is 0. The molecule has 0 aromatic heterocycles. The predicted molar refractivity (Wildman–Crippen MR) is 77.1 cm³/mol. The number of phenolic OH excluding ortho intramolecular Hbond substituents is 1. The quantitative estimate of drug-likeness (QED) is 0.793. The van der Waals surface area contributed by atoms with Crippen LogP contribution in [0.2, 0.25) is 0 Å². The molecule has 1 aliphatic rings. The first-order valence-electron chi connectivity index (χ1n) is 7.05. The number of hydrogen-bond acceptors (Lipinski definition) is 4. The Balaban J connectivity index is 1.72. The number of aromatic hydroxyl groups is 1. The van der Waals surface area contributed by atoms with E-state index in [2.05, 4.69) is 10.2 Å². The molecule has 1 saturated heterocycles. The van der Waals surface area contributed by atoms with Gasteiger partial charge in [0, 0.05) is 19.6 Å². The lowest BCUT2D eigenvalue weighted by atomic mass is 10.1. The van der Waals surface area contributed by atoms with E-state index in [0.29, 0.717) is 12.1 Å². The Hall–Kier alpha value is -1.59. The molecule has 1 aromatic carbocycles. The summed E-state index contributed by atoms with van der Waals surface area (Å²) in [5, 5.41) is 12.6. The second-order valence-electron chi connectivity index (χ2n) is 5.08. The topological polar surface area (TPSA) is 61.8 Å². The largest absolute Gasteiger partial charge is 0.507 e. The number of carbonyl (C=O) groups excluding carboxylic acids is 1. The molecule has 1 heterocycles. The number of amides is 1. The van der Waals surface area contributed by atoms with Gasteiger partial charge >= 0.3 is 0 Å². The zero-order valence-electron chi connectivity index (χ0n) is 11.9. The molecule has 2 N–H and O–H groups in total. The van der Waals surface area contributed by atoms with Crippen LogP contribution in [0.5, 0.6) is 5.75 Å². The van der Waals surface area contributed by atoms with Gasteiger partial charge in [0.15, 0.2) is 0 Å². The highest BCUT2D eigenvalue weighted by molar-refractivity contribution is 5.96. The second-order valence-corrected chi connectivity index (χ2v) is 5.08. The van der Waals surface area contributed by atoms with Gasteiger partial charge in [-0.25, -0.2) is 0 Å². The molecule has 0 bridgehead atoms. The zero-order valence-corrected chi connectivity index (χ0v) is 11.9. The number of benzene rings is 1. The van der Waals surface area contributed by atoms with Crippen molar-refractivity contribution >= 4 is 5.91 Å². The van der Waals surface area contributed by atoms with Gasteiger partial charge in [0.2, 0.25) is 0 Å². The number of hydrogen-bond donors (Lipinski definition) is 2. The predicted octanol–water partition coefficient (Wildman–Crippen LogP) is 1.15. The molecule has 0 atom stereocenters. The standard InChI is InChI=1S/C15H22N2O3/c1-12-3-4-13(14(18)11-12)15(19)16-5-2-6-17-7-9-20-10-8-17/h3-4,11,18H,2,5-10H2,1H3,(H,16,19). The van der Waals surface area contributed by atoms with Crippen LogP contribution in [-0.2, 0) is 4.74 Å². The number of carbonyl (C=O) groups is 1. The molecule has 5 heteroatoms. The maximum Gasteiger partial charge on any atom is 0.255 e. The van der Waals surface area contributed by atoms with Crippen LogP contribution in [0.1, 0.15) is 22.3 Å². The first-order valence-corrected chi connectivity index (χ1v) is 7.05. The van der Waals surface area contributed by atoms with Gasteiger partial charge in [0.1, 0.15) is 5.75 Å². The van der Waals surface area contributed by atoms with Gasteiger partial charge in [-0.3, -0.25) is 9.69 Å². The summed E-state index contributed by atoms with van der Waals surface area (Å²) in [5.74, 6) is -0.180. The fourth-order valence-corrected chi connectivity index (χ4v) is 2.26. The van der Waals surface area contributed by atoms with Gasteiger partial charge in [0.05, 0.1) is 18.8 Å². The summed E-state index contributed by atoms with van der Waals surface area (Å²) < 4.78 is 5.29. The van der Waals surface area contributed by atoms with Crippen LogP contribution in [0.4, 0.5) is 0 Å². The Morgan fingerprint density at radius 2 is 2.15 bits per heavy atom. The van der Waals surface area contributed by atoms with Crippen LogP contribution < -0.4 is 5.32 Å². The molecule has 0 aliphatic carbocycles. The van der Waals surface area contributed by atoms with E-state index >= 15 is 0 Å². The summed E-state index contributed by atoms with van der Waals surface area (Å²) in [6.45, 7) is 6.98. The Kier molecular flexibility index (Phi) is 5.38. The third-order valence-electron chi connectivity index (χ3n) is 3.44. The lowest BCUT2D eigenvalue weighted by molar-refractivity contribution is 0.0374. The van der Waals surface area contributed by atoms with E-state index in [4.69, 9.17) is 4.74 Å². The monoisotopic (exact) mass is 278 g/mol. The average Bonchev–Trinajstić information content (AvgIpc) is 2.44. The van der Waals surface area contributed by atoms with Crippen LogP contribution in [0.15, 0.2) is 18.2 Å². The van der Waals surface area contributed by atoms with Crippen molar-refractivity contribution in [1.82, 2.24) is 10.2 Å². The van der Waals surface area contributed by atoms with E-state index in [1.165, 1.54) is 0 Å². The van der Waals surface area contributed by atoms with E-state index in [1.54, 1.807) is 12.1 Å². The number of nitrogens with one attached hydrogen (secondary N) is 1. The van der Waals surface area contributed by atoms with Gasteiger partial charge in [-0.15, -0.1) is 0 Å². The van der Waals surface area contributed by atoms with Gasteiger partial charge < -0.3 is 15.2 Å². The molecule has 0 radical (unpaired) electrons. The highest BCUT2D eigenvalue weighted by Gasteiger charge is 2.12. The van der Waals surface area contributed by atoms with Crippen LogP contribution in [0, 0.1) is 6.92 Å². The van der Waals surface area contributed by atoms with Crippen molar-refractivity contribution in [2.75, 3.05) is 39.4 Å². The fraction of sp³-hybridized carbons (Fsp3) is 0.533. The minimum atomic E-state index is -0.218. The van der Waals surface area contributed by atoms with Crippen molar-refractivity contribution in [2.24, 2.45) is 0 Å². The molecule has 5 nitrogen and oxygen atoms in total. The second kappa shape index (κ2) is 7.26. The summed E-state index contributed by atoms with van der Waals surface area (Å²) in [6, 6.07) is 5.08. The molecule has 1 fully saturated rings. The van der Waals surface area contributed by atoms with E-state index < -0.39 is 0 Å². The first-order chi connectivity index (χ1) is 9.66. The molecule has 1 aromatic rings. The Labute approximate surface area is 119 Å². The van der Waals surface area contributed by atoms with E-state index in [-0.39, 0.29) is 11.7 Å². The van der Waals surface area contributed by atoms with Crippen molar-refractivity contribution in [2.45, 2.75) is 13.3 Å². The smallest absolute Gasteiger partial charge is 0.255 e. The molecular weight excluding hydrogens is 256 g/mol. The SMILES string of the molecule is Cc1ccc(C(=O)NCCCN2CCOCC2)c(O)c1. The molecule has 1 amide bonds. The van der Waals surface area contributed by atoms with E-state index in [0.717, 1.165) is 44.8 Å². The summed E-state index contributed by atoms with van der Waals surface area (Å²) in [7, 11) is 0. The van der Waals surface area contributed by atoms with Gasteiger partial charge in [-0.05, 0) is 37.6 Å². The van der Waals surface area contributed by atoms with Crippen molar-refractivity contribution in [3.05, 3.63) is 29.3 Å². The lowest BCUT2D eigenvalue weighted by Gasteiger charge is -2.26. The van der Waals surface area contributed by atoms with Crippen molar-refractivity contribution < 1.29 is 14.6 Å². The minimum absolute atomic E-state index is 0.0377. The summed E-state index contributed by atoms with van der Waals surface area (Å²) in [6.07, 6.45) is 0.901. The Morgan fingerprint density at radius 3 is 2.85 bits per heavy atom. The number of ether oxygens (including phenoxy) is 1. The third kappa shape index (κ3) is 4.21. The molecule has 0 saturated carbocycles. The van der Waals surface area contributed by atoms with Crippen LogP contribution >= 0.6 is 0 Å². The normalized spacial score (nSPS) is 16.1. The Bertz CT molecular complexity index is 456. The fourth-order valence-electron chi connectivity index (χ4n) is 2.26. The maximum absolute atomic E-state index is 11.9. The van der Waals surface area contributed by atoms with Crippen LogP contribution in [0.3, 0.4) is 0 Å². The van der Waals surface area contributed by atoms with Crippen LogP contribution in [-0.4, -0.2) is 55.3 Å². The molecular formula is C15H22N2O3. The highest BCUT2D eigenvalue weighted by Crippen LogP contribution is 2.17. The molecule has 110 valence electrons. The maximum atomic E-state index is 11.9. The van der Waals surface area contributed by atoms with E-state index in [9.17, 15) is 9.90 Å². The molecule has 0 unspecified atom stereocenters. The number of morpholine rings is 1. The summed E-state index contributed by atoms with van der Waals surface area (Å²) in [5.41, 5.74) is 1.27. The number of aryl methyl sites for hydroxylation is 1. The van der Waals surface area contributed by atoms with Crippen LogP contribution in [0.25, 0.3) is 0 Å². The number of nitrogens with zero attached hydrogens (tertiary/aromatic N) is 1. The van der Waals surface area contributed by atoms with Gasteiger partial charge in [-0.1, -0.05) is 6.07 Å². The Morgan fingerprint density at radius 1 is 1.40 bits per heavy atom. The first kappa shape index (κ1) is 14.8. The number of phenols is 1. The van der Waals surface area contributed by atoms with Gasteiger partial charge in [-0.2, -0.15) is 0 Å². The van der Waals surface area contributed by atoms with Crippen molar-refractivity contribution in [1.29, 1.82) is 0 Å². The average molecular weight is 278 g/mol. The van der Waals surface area contributed by atoms with E-state index in [1.807, 2.05) is 13.0 Å². The van der Waals surface area contributed by atoms with Crippen molar-refractivity contribution in [3.63, 3.8) is 0 Å². The summed E-state index contributed by atoms with van der Waals surface area (Å²) in [4.78, 5) is 14.3. The zero-order chi connectivity index (χ0) is 14.4. The van der Waals surface area contributed by atoms with Crippen molar-refractivity contribution in [3.8, 4) is 5.75 Å². The molecule has 0 spiro atoms. The third-order valence-corrected chi connectivity index (χ3v) is 3.44. The molecule has 20 heavy (non-hydrogen) atoms. The molecule has 1 aliphatic heterocycles. The lowest BCUT2D eigenvalue weighted by Crippen LogP contribution is -2.38. The highest BCUT2D eigenvalue weighted by atomic mass is 16.5.